The number of nitrogens with zero attached hydrogens (tertiary/aromatic N) is 4. The van der Waals surface area contributed by atoms with Crippen molar-refractivity contribution in [3.63, 3.8) is 0 Å². The second-order valence-electron chi connectivity index (χ2n) is 6.49. The number of aromatic nitrogens is 3. The maximum atomic E-state index is 5.40. The lowest BCUT2D eigenvalue weighted by molar-refractivity contribution is 0.145. The van der Waals surface area contributed by atoms with E-state index >= 15 is 0 Å². The zero-order valence-electron chi connectivity index (χ0n) is 17.3. The van der Waals surface area contributed by atoms with Crippen LogP contribution in [-0.2, 0) is 18.3 Å². The Morgan fingerprint density at radius 3 is 2.71 bits per heavy atom. The molecule has 1 aromatic heterocycles. The van der Waals surface area contributed by atoms with Crippen LogP contribution in [0.1, 0.15) is 31.9 Å². The van der Waals surface area contributed by atoms with Gasteiger partial charge < -0.3 is 19.9 Å². The highest BCUT2D eigenvalue weighted by atomic mass is 32.2. The highest BCUT2D eigenvalue weighted by molar-refractivity contribution is 8.00. The summed E-state index contributed by atoms with van der Waals surface area (Å²) in [6.45, 7) is 9.77. The van der Waals surface area contributed by atoms with E-state index in [1.807, 2.05) is 43.3 Å². The van der Waals surface area contributed by atoms with Crippen LogP contribution in [0.25, 0.3) is 0 Å². The molecule has 8 heteroatoms. The van der Waals surface area contributed by atoms with E-state index in [2.05, 4.69) is 57.0 Å². The van der Waals surface area contributed by atoms with Crippen molar-refractivity contribution in [3.8, 4) is 0 Å². The van der Waals surface area contributed by atoms with Gasteiger partial charge in [-0.2, -0.15) is 0 Å². The zero-order valence-corrected chi connectivity index (χ0v) is 18.1. The summed E-state index contributed by atoms with van der Waals surface area (Å²) in [6.07, 6.45) is 0.936. The lowest BCUT2D eigenvalue weighted by Crippen LogP contribution is -2.40. The molecule has 1 heterocycles. The molecule has 0 aliphatic rings. The zero-order chi connectivity index (χ0) is 20.2. The third kappa shape index (κ3) is 7.90. The SMILES string of the molecule is CCOCCCNC(=NCc1nnc(C)n1C)NCC(C)Sc1ccccc1. The van der Waals surface area contributed by atoms with Gasteiger partial charge in [-0.1, -0.05) is 25.1 Å². The van der Waals surface area contributed by atoms with E-state index in [4.69, 9.17) is 4.74 Å². The number of aryl methyl sites for hydroxylation is 1. The molecule has 1 atom stereocenters. The molecule has 0 saturated carbocycles. The monoisotopic (exact) mass is 404 g/mol. The Morgan fingerprint density at radius 1 is 1.25 bits per heavy atom. The number of thioether (sulfide) groups is 1. The molecular weight excluding hydrogens is 372 g/mol. The number of rotatable bonds is 11. The molecule has 2 N–H and O–H groups in total. The van der Waals surface area contributed by atoms with Gasteiger partial charge in [0.2, 0.25) is 0 Å². The fraction of sp³-hybridized carbons (Fsp3) is 0.550. The number of aliphatic imine (C=N–C) groups is 1. The number of ether oxygens (including phenoxy) is 1. The molecule has 154 valence electrons. The Bertz CT molecular complexity index is 719. The van der Waals surface area contributed by atoms with Gasteiger partial charge in [0.1, 0.15) is 12.4 Å². The van der Waals surface area contributed by atoms with Crippen LogP contribution in [0, 0.1) is 6.92 Å². The molecule has 2 aromatic rings. The highest BCUT2D eigenvalue weighted by Gasteiger charge is 2.08. The van der Waals surface area contributed by atoms with Gasteiger partial charge in [0, 0.05) is 43.5 Å². The van der Waals surface area contributed by atoms with E-state index in [-0.39, 0.29) is 0 Å². The van der Waals surface area contributed by atoms with Crippen LogP contribution in [0.5, 0.6) is 0 Å². The van der Waals surface area contributed by atoms with Gasteiger partial charge in [-0.15, -0.1) is 22.0 Å². The molecule has 0 aliphatic carbocycles. The molecule has 0 saturated heterocycles. The lowest BCUT2D eigenvalue weighted by Gasteiger charge is -2.16. The number of hydrogen-bond donors (Lipinski definition) is 2. The van der Waals surface area contributed by atoms with Gasteiger partial charge >= 0.3 is 0 Å². The van der Waals surface area contributed by atoms with E-state index in [0.717, 1.165) is 50.3 Å². The molecule has 7 nitrogen and oxygen atoms in total. The summed E-state index contributed by atoms with van der Waals surface area (Å²) in [7, 11) is 1.96. The predicted octanol–water partition coefficient (Wildman–Crippen LogP) is 2.77. The van der Waals surface area contributed by atoms with Crippen LogP contribution in [0.4, 0.5) is 0 Å². The van der Waals surface area contributed by atoms with Gasteiger partial charge in [0.15, 0.2) is 11.8 Å². The Morgan fingerprint density at radius 2 is 2.04 bits per heavy atom. The third-order valence-electron chi connectivity index (χ3n) is 4.16. The molecule has 0 radical (unpaired) electrons. The fourth-order valence-corrected chi connectivity index (χ4v) is 3.40. The summed E-state index contributed by atoms with van der Waals surface area (Å²) < 4.78 is 7.36. The van der Waals surface area contributed by atoms with Crippen LogP contribution in [0.15, 0.2) is 40.2 Å². The first kappa shape index (κ1) is 22.2. The van der Waals surface area contributed by atoms with Gasteiger partial charge in [-0.3, -0.25) is 0 Å². The fourth-order valence-electron chi connectivity index (χ4n) is 2.45. The van der Waals surface area contributed by atoms with Crippen molar-refractivity contribution in [2.45, 2.75) is 43.9 Å². The summed E-state index contributed by atoms with van der Waals surface area (Å²) in [6, 6.07) is 10.4. The maximum absolute atomic E-state index is 5.40. The topological polar surface area (TPSA) is 76.4 Å². The Kier molecular flexibility index (Phi) is 9.85. The first-order chi connectivity index (χ1) is 13.6. The minimum atomic E-state index is 0.412. The average molecular weight is 405 g/mol. The van der Waals surface area contributed by atoms with Crippen LogP contribution < -0.4 is 10.6 Å². The second kappa shape index (κ2) is 12.4. The highest BCUT2D eigenvalue weighted by Crippen LogP contribution is 2.21. The molecular formula is C20H32N6OS. The third-order valence-corrected chi connectivity index (χ3v) is 5.27. The second-order valence-corrected chi connectivity index (χ2v) is 8.00. The molecule has 0 bridgehead atoms. The molecule has 2 rings (SSSR count). The van der Waals surface area contributed by atoms with Crippen molar-refractivity contribution in [1.29, 1.82) is 0 Å². The van der Waals surface area contributed by atoms with Crippen molar-refractivity contribution in [2.75, 3.05) is 26.3 Å². The summed E-state index contributed by atoms with van der Waals surface area (Å²) in [5.41, 5.74) is 0. The van der Waals surface area contributed by atoms with E-state index in [9.17, 15) is 0 Å². The molecule has 1 unspecified atom stereocenters. The van der Waals surface area contributed by atoms with Crippen molar-refractivity contribution in [2.24, 2.45) is 12.0 Å². The first-order valence-corrected chi connectivity index (χ1v) is 10.6. The van der Waals surface area contributed by atoms with Gasteiger partial charge in [-0.25, -0.2) is 4.99 Å². The minimum Gasteiger partial charge on any atom is -0.382 e. The summed E-state index contributed by atoms with van der Waals surface area (Å²) in [5, 5.41) is 15.5. The van der Waals surface area contributed by atoms with Crippen molar-refractivity contribution in [3.05, 3.63) is 42.0 Å². The smallest absolute Gasteiger partial charge is 0.191 e. The van der Waals surface area contributed by atoms with E-state index in [1.165, 1.54) is 4.90 Å². The van der Waals surface area contributed by atoms with E-state index < -0.39 is 0 Å². The van der Waals surface area contributed by atoms with Crippen LogP contribution >= 0.6 is 11.8 Å². The first-order valence-electron chi connectivity index (χ1n) is 9.76. The van der Waals surface area contributed by atoms with Gasteiger partial charge in [-0.05, 0) is 32.4 Å². The van der Waals surface area contributed by atoms with E-state index in [1.54, 1.807) is 0 Å². The number of hydrogen-bond acceptors (Lipinski definition) is 5. The van der Waals surface area contributed by atoms with Crippen LogP contribution in [0.2, 0.25) is 0 Å². The summed E-state index contributed by atoms with van der Waals surface area (Å²) in [5.74, 6) is 2.52. The number of benzene rings is 1. The standard InChI is InChI=1S/C20H32N6OS/c1-5-27-13-9-12-21-20(23-15-19-25-24-17(3)26(19)4)22-14-16(2)28-18-10-7-6-8-11-18/h6-8,10-11,16H,5,9,12-15H2,1-4H3,(H2,21,22,23). The molecule has 0 fully saturated rings. The van der Waals surface area contributed by atoms with Gasteiger partial charge in [0.05, 0.1) is 0 Å². The van der Waals surface area contributed by atoms with Crippen molar-refractivity contribution >= 4 is 17.7 Å². The Labute approximate surface area is 172 Å². The average Bonchev–Trinajstić information content (AvgIpc) is 3.02. The Balaban J connectivity index is 1.88. The molecule has 0 aliphatic heterocycles. The molecule has 0 spiro atoms. The minimum absolute atomic E-state index is 0.412. The van der Waals surface area contributed by atoms with Crippen molar-refractivity contribution < 1.29 is 4.74 Å². The number of nitrogens with one attached hydrogen (secondary N) is 2. The molecule has 0 amide bonds. The molecule has 28 heavy (non-hydrogen) atoms. The van der Waals surface area contributed by atoms with E-state index in [0.29, 0.717) is 11.8 Å². The van der Waals surface area contributed by atoms with Crippen LogP contribution in [0.3, 0.4) is 0 Å². The van der Waals surface area contributed by atoms with Gasteiger partial charge in [0.25, 0.3) is 0 Å². The Hall–Kier alpha value is -2.06. The largest absolute Gasteiger partial charge is 0.382 e. The lowest BCUT2D eigenvalue weighted by atomic mass is 10.4. The molecule has 1 aromatic carbocycles. The summed E-state index contributed by atoms with van der Waals surface area (Å²) in [4.78, 5) is 5.96. The predicted molar refractivity (Wildman–Crippen MR) is 116 cm³/mol. The normalized spacial score (nSPS) is 12.8. The number of guanidine groups is 1. The van der Waals surface area contributed by atoms with Crippen molar-refractivity contribution in [1.82, 2.24) is 25.4 Å². The van der Waals surface area contributed by atoms with Crippen LogP contribution in [-0.4, -0.2) is 52.3 Å². The summed E-state index contributed by atoms with van der Waals surface area (Å²) >= 11 is 1.85. The maximum Gasteiger partial charge on any atom is 0.191 e. The quantitative estimate of drug-likeness (QED) is 0.260.